The van der Waals surface area contributed by atoms with Crippen LogP contribution in [-0.2, 0) is 6.42 Å². The molecule has 0 radical (unpaired) electrons. The number of halogens is 2. The lowest BCUT2D eigenvalue weighted by Crippen LogP contribution is -2.02. The molecule has 0 fully saturated rings. The van der Waals surface area contributed by atoms with Gasteiger partial charge in [-0.25, -0.2) is 0 Å². The van der Waals surface area contributed by atoms with Crippen LogP contribution in [0.4, 0.5) is 0 Å². The quantitative estimate of drug-likeness (QED) is 0.880. The first kappa shape index (κ1) is 15.3. The number of hydrogen-bond donors (Lipinski definition) is 1. The van der Waals surface area contributed by atoms with Crippen LogP contribution in [0.25, 0.3) is 0 Å². The molecule has 20 heavy (non-hydrogen) atoms. The summed E-state index contributed by atoms with van der Waals surface area (Å²) >= 11 is 12.0. The largest absolute Gasteiger partial charge is 0.339 e. The molecule has 0 saturated carbocycles. The SMILES string of the molecule is CC(CCCN)c1nc(Cc2ccc(Cl)cc2Cl)no1. The smallest absolute Gasteiger partial charge is 0.229 e. The zero-order valence-electron chi connectivity index (χ0n) is 11.3. The Bertz CT molecular complexity index is 571. The highest BCUT2D eigenvalue weighted by Gasteiger charge is 2.14. The van der Waals surface area contributed by atoms with Crippen LogP contribution in [-0.4, -0.2) is 16.7 Å². The highest BCUT2D eigenvalue weighted by Crippen LogP contribution is 2.24. The van der Waals surface area contributed by atoms with E-state index in [-0.39, 0.29) is 5.92 Å². The standard InChI is InChI=1S/C14H17Cl2N3O/c1-9(3-2-6-17)14-18-13(19-20-14)7-10-4-5-11(15)8-12(10)16/h4-5,8-9H,2-3,6-7,17H2,1H3. The number of hydrogen-bond acceptors (Lipinski definition) is 4. The molecule has 1 atom stereocenters. The molecule has 0 aliphatic carbocycles. The monoisotopic (exact) mass is 313 g/mol. The van der Waals surface area contributed by atoms with E-state index in [0.717, 1.165) is 18.4 Å². The Morgan fingerprint density at radius 1 is 1.35 bits per heavy atom. The molecular formula is C14H17Cl2N3O. The van der Waals surface area contributed by atoms with Gasteiger partial charge < -0.3 is 10.3 Å². The Labute approximate surface area is 128 Å². The summed E-state index contributed by atoms with van der Waals surface area (Å²) in [7, 11) is 0. The third-order valence-electron chi connectivity index (χ3n) is 3.11. The Balaban J connectivity index is 2.05. The van der Waals surface area contributed by atoms with E-state index in [1.165, 1.54) is 0 Å². The first-order chi connectivity index (χ1) is 9.60. The lowest BCUT2D eigenvalue weighted by Gasteiger charge is -2.03. The fourth-order valence-corrected chi connectivity index (χ4v) is 2.40. The van der Waals surface area contributed by atoms with E-state index in [1.54, 1.807) is 12.1 Å². The van der Waals surface area contributed by atoms with E-state index in [0.29, 0.717) is 34.7 Å². The summed E-state index contributed by atoms with van der Waals surface area (Å²) in [4.78, 5) is 4.41. The summed E-state index contributed by atoms with van der Waals surface area (Å²) in [6.45, 7) is 2.73. The Morgan fingerprint density at radius 3 is 2.85 bits per heavy atom. The number of nitrogens with two attached hydrogens (primary N) is 1. The van der Waals surface area contributed by atoms with Crippen molar-refractivity contribution in [1.82, 2.24) is 10.1 Å². The molecule has 1 unspecified atom stereocenters. The van der Waals surface area contributed by atoms with Crippen molar-refractivity contribution in [2.24, 2.45) is 5.73 Å². The number of nitrogens with zero attached hydrogens (tertiary/aromatic N) is 2. The van der Waals surface area contributed by atoms with E-state index in [2.05, 4.69) is 17.1 Å². The fraction of sp³-hybridized carbons (Fsp3) is 0.429. The van der Waals surface area contributed by atoms with Crippen LogP contribution in [0, 0.1) is 0 Å². The molecule has 1 heterocycles. The first-order valence-electron chi connectivity index (χ1n) is 6.56. The summed E-state index contributed by atoms with van der Waals surface area (Å²) in [6, 6.07) is 5.38. The topological polar surface area (TPSA) is 64.9 Å². The van der Waals surface area contributed by atoms with Gasteiger partial charge in [-0.1, -0.05) is 41.3 Å². The molecule has 0 aliphatic rings. The van der Waals surface area contributed by atoms with Gasteiger partial charge in [-0.15, -0.1) is 0 Å². The number of aromatic nitrogens is 2. The zero-order valence-corrected chi connectivity index (χ0v) is 12.8. The number of benzene rings is 1. The second-order valence-corrected chi connectivity index (χ2v) is 5.64. The maximum Gasteiger partial charge on any atom is 0.229 e. The second kappa shape index (κ2) is 7.07. The molecule has 0 aliphatic heterocycles. The van der Waals surface area contributed by atoms with Gasteiger partial charge in [0.2, 0.25) is 5.89 Å². The Kier molecular flexibility index (Phi) is 5.40. The molecule has 6 heteroatoms. The lowest BCUT2D eigenvalue weighted by molar-refractivity contribution is 0.349. The highest BCUT2D eigenvalue weighted by molar-refractivity contribution is 6.35. The minimum atomic E-state index is 0.223. The third-order valence-corrected chi connectivity index (χ3v) is 3.70. The predicted molar refractivity (Wildman–Crippen MR) is 80.3 cm³/mol. The maximum atomic E-state index is 6.13. The van der Waals surface area contributed by atoms with Gasteiger partial charge in [0.15, 0.2) is 5.82 Å². The molecule has 2 rings (SSSR count). The predicted octanol–water partition coefficient (Wildman–Crippen LogP) is 3.81. The molecule has 4 nitrogen and oxygen atoms in total. The molecule has 2 N–H and O–H groups in total. The van der Waals surface area contributed by atoms with Crippen LogP contribution in [0.15, 0.2) is 22.7 Å². The normalized spacial score (nSPS) is 12.6. The van der Waals surface area contributed by atoms with Gasteiger partial charge in [-0.2, -0.15) is 4.98 Å². The van der Waals surface area contributed by atoms with Crippen LogP contribution in [0.5, 0.6) is 0 Å². The van der Waals surface area contributed by atoms with Crippen LogP contribution in [0.1, 0.15) is 43.0 Å². The highest BCUT2D eigenvalue weighted by atomic mass is 35.5. The van der Waals surface area contributed by atoms with Crippen LogP contribution in [0.3, 0.4) is 0 Å². The second-order valence-electron chi connectivity index (χ2n) is 4.79. The van der Waals surface area contributed by atoms with Gasteiger partial charge in [0, 0.05) is 22.4 Å². The van der Waals surface area contributed by atoms with Crippen LogP contribution >= 0.6 is 23.2 Å². The Hall–Kier alpha value is -1.10. The molecule has 0 bridgehead atoms. The van der Waals surface area contributed by atoms with Gasteiger partial charge in [-0.05, 0) is 37.1 Å². The molecular weight excluding hydrogens is 297 g/mol. The summed E-state index contributed by atoms with van der Waals surface area (Å²) < 4.78 is 5.29. The van der Waals surface area contributed by atoms with Crippen molar-refractivity contribution >= 4 is 23.2 Å². The van der Waals surface area contributed by atoms with Crippen molar-refractivity contribution in [3.8, 4) is 0 Å². The third kappa shape index (κ3) is 3.95. The number of rotatable bonds is 6. The molecule has 0 amide bonds. The van der Waals surface area contributed by atoms with Crippen LogP contribution in [0.2, 0.25) is 10.0 Å². The minimum absolute atomic E-state index is 0.223. The first-order valence-corrected chi connectivity index (χ1v) is 7.32. The van der Waals surface area contributed by atoms with E-state index in [4.69, 9.17) is 33.5 Å². The van der Waals surface area contributed by atoms with E-state index >= 15 is 0 Å². The molecule has 0 spiro atoms. The fourth-order valence-electron chi connectivity index (χ4n) is 1.92. The van der Waals surface area contributed by atoms with Crippen molar-refractivity contribution < 1.29 is 4.52 Å². The lowest BCUT2D eigenvalue weighted by atomic mass is 10.1. The Morgan fingerprint density at radius 2 is 2.15 bits per heavy atom. The van der Waals surface area contributed by atoms with E-state index in [9.17, 15) is 0 Å². The molecule has 1 aromatic carbocycles. The van der Waals surface area contributed by atoms with Gasteiger partial charge in [0.1, 0.15) is 0 Å². The molecule has 2 aromatic rings. The van der Waals surface area contributed by atoms with Crippen molar-refractivity contribution in [1.29, 1.82) is 0 Å². The van der Waals surface area contributed by atoms with Gasteiger partial charge >= 0.3 is 0 Å². The van der Waals surface area contributed by atoms with Gasteiger partial charge in [-0.3, -0.25) is 0 Å². The van der Waals surface area contributed by atoms with E-state index in [1.807, 2.05) is 6.07 Å². The average molecular weight is 314 g/mol. The summed E-state index contributed by atoms with van der Waals surface area (Å²) in [5.74, 6) is 1.50. The molecule has 108 valence electrons. The van der Waals surface area contributed by atoms with Gasteiger partial charge in [0.25, 0.3) is 0 Å². The zero-order chi connectivity index (χ0) is 14.5. The maximum absolute atomic E-state index is 6.13. The summed E-state index contributed by atoms with van der Waals surface area (Å²) in [5, 5.41) is 5.22. The van der Waals surface area contributed by atoms with Crippen molar-refractivity contribution in [2.75, 3.05) is 6.54 Å². The summed E-state index contributed by atoms with van der Waals surface area (Å²) in [5.41, 5.74) is 6.43. The van der Waals surface area contributed by atoms with E-state index < -0.39 is 0 Å². The van der Waals surface area contributed by atoms with Crippen molar-refractivity contribution in [3.63, 3.8) is 0 Å². The summed E-state index contributed by atoms with van der Waals surface area (Å²) in [6.07, 6.45) is 2.42. The van der Waals surface area contributed by atoms with Gasteiger partial charge in [0.05, 0.1) is 0 Å². The van der Waals surface area contributed by atoms with Crippen molar-refractivity contribution in [2.45, 2.75) is 32.1 Å². The van der Waals surface area contributed by atoms with Crippen LogP contribution < -0.4 is 5.73 Å². The molecule has 0 saturated heterocycles. The van der Waals surface area contributed by atoms with Crippen molar-refractivity contribution in [3.05, 3.63) is 45.5 Å². The average Bonchev–Trinajstić information content (AvgIpc) is 2.88. The minimum Gasteiger partial charge on any atom is -0.339 e. The molecule has 1 aromatic heterocycles.